The van der Waals surface area contributed by atoms with Gasteiger partial charge in [0.2, 0.25) is 0 Å². The van der Waals surface area contributed by atoms with E-state index in [-0.39, 0.29) is 5.78 Å². The molecule has 0 unspecified atom stereocenters. The van der Waals surface area contributed by atoms with E-state index in [4.69, 9.17) is 0 Å². The van der Waals surface area contributed by atoms with Crippen LogP contribution in [0.25, 0.3) is 0 Å². The van der Waals surface area contributed by atoms with Crippen LogP contribution >= 0.6 is 38.6 Å². The number of thiophene rings is 2. The molecule has 0 aliphatic heterocycles. The van der Waals surface area contributed by atoms with Crippen molar-refractivity contribution in [2.24, 2.45) is 0 Å². The molecule has 2 rings (SSSR count). The van der Waals surface area contributed by atoms with Crippen LogP contribution in [0.2, 0.25) is 0 Å². The SMILES string of the molecule is O=C(CCCc1cccs1)c1sccc1Br. The van der Waals surface area contributed by atoms with Crippen LogP contribution in [-0.4, -0.2) is 5.78 Å². The fourth-order valence-electron chi connectivity index (χ4n) is 1.48. The van der Waals surface area contributed by atoms with Crippen molar-refractivity contribution in [3.05, 3.63) is 43.2 Å². The van der Waals surface area contributed by atoms with E-state index in [1.54, 1.807) is 11.3 Å². The normalized spacial score (nSPS) is 10.6. The number of rotatable bonds is 5. The minimum Gasteiger partial charge on any atom is -0.293 e. The van der Waals surface area contributed by atoms with Gasteiger partial charge in [-0.1, -0.05) is 6.07 Å². The van der Waals surface area contributed by atoms with Crippen LogP contribution in [0.1, 0.15) is 27.4 Å². The lowest BCUT2D eigenvalue weighted by atomic mass is 10.1. The van der Waals surface area contributed by atoms with Gasteiger partial charge in [-0.05, 0) is 51.7 Å². The van der Waals surface area contributed by atoms with Gasteiger partial charge < -0.3 is 0 Å². The molecule has 0 saturated heterocycles. The van der Waals surface area contributed by atoms with Gasteiger partial charge in [-0.3, -0.25) is 4.79 Å². The zero-order chi connectivity index (χ0) is 11.4. The van der Waals surface area contributed by atoms with E-state index in [0.29, 0.717) is 6.42 Å². The molecule has 0 saturated carbocycles. The molecular weight excluding hydrogens is 304 g/mol. The van der Waals surface area contributed by atoms with Crippen LogP contribution < -0.4 is 0 Å². The largest absolute Gasteiger partial charge is 0.293 e. The molecule has 0 atom stereocenters. The Morgan fingerprint density at radius 2 is 2.12 bits per heavy atom. The van der Waals surface area contributed by atoms with Crippen LogP contribution in [0, 0.1) is 0 Å². The Labute approximate surface area is 111 Å². The van der Waals surface area contributed by atoms with Crippen molar-refractivity contribution in [1.82, 2.24) is 0 Å². The van der Waals surface area contributed by atoms with Crippen LogP contribution in [-0.2, 0) is 6.42 Å². The lowest BCUT2D eigenvalue weighted by Gasteiger charge is -1.98. The molecule has 0 radical (unpaired) electrons. The molecule has 0 amide bonds. The number of carbonyl (C=O) groups is 1. The second-order valence-corrected chi connectivity index (χ2v) is 6.26. The summed E-state index contributed by atoms with van der Waals surface area (Å²) >= 11 is 6.66. The number of halogens is 1. The summed E-state index contributed by atoms with van der Waals surface area (Å²) in [5.74, 6) is 0.249. The van der Waals surface area contributed by atoms with Gasteiger partial charge in [0.05, 0.1) is 4.88 Å². The minimum atomic E-state index is 0.249. The van der Waals surface area contributed by atoms with Gasteiger partial charge >= 0.3 is 0 Å². The first kappa shape index (κ1) is 12.0. The highest BCUT2D eigenvalue weighted by Crippen LogP contribution is 2.24. The molecule has 2 aromatic rings. The Morgan fingerprint density at radius 3 is 2.75 bits per heavy atom. The van der Waals surface area contributed by atoms with Crippen molar-refractivity contribution in [2.45, 2.75) is 19.3 Å². The summed E-state index contributed by atoms with van der Waals surface area (Å²) in [6.45, 7) is 0. The van der Waals surface area contributed by atoms with Crippen LogP contribution in [0.4, 0.5) is 0 Å². The van der Waals surface area contributed by atoms with E-state index in [1.807, 2.05) is 11.4 Å². The second-order valence-electron chi connectivity index (χ2n) is 3.45. The molecule has 4 heteroatoms. The molecule has 2 aromatic heterocycles. The zero-order valence-electron chi connectivity index (χ0n) is 8.61. The second kappa shape index (κ2) is 5.75. The molecule has 1 nitrogen and oxygen atoms in total. The number of hydrogen-bond donors (Lipinski definition) is 0. The molecule has 0 fully saturated rings. The Bertz CT molecular complexity index is 459. The van der Waals surface area contributed by atoms with E-state index in [0.717, 1.165) is 22.2 Å². The van der Waals surface area contributed by atoms with Gasteiger partial charge in [-0.25, -0.2) is 0 Å². The smallest absolute Gasteiger partial charge is 0.173 e. The number of ketones is 1. The quantitative estimate of drug-likeness (QED) is 0.726. The Morgan fingerprint density at radius 1 is 1.25 bits per heavy atom. The molecule has 0 bridgehead atoms. The maximum atomic E-state index is 11.8. The van der Waals surface area contributed by atoms with Crippen molar-refractivity contribution >= 4 is 44.4 Å². The first-order valence-electron chi connectivity index (χ1n) is 5.06. The summed E-state index contributed by atoms with van der Waals surface area (Å²) < 4.78 is 0.929. The maximum absolute atomic E-state index is 11.8. The van der Waals surface area contributed by atoms with Gasteiger partial charge in [0, 0.05) is 15.8 Å². The molecule has 0 N–H and O–H groups in total. The molecule has 0 spiro atoms. The first-order valence-corrected chi connectivity index (χ1v) is 7.61. The Balaban J connectivity index is 1.83. The monoisotopic (exact) mass is 314 g/mol. The van der Waals surface area contributed by atoms with Crippen LogP contribution in [0.15, 0.2) is 33.4 Å². The third-order valence-electron chi connectivity index (χ3n) is 2.28. The number of carbonyl (C=O) groups excluding carboxylic acids is 1. The summed E-state index contributed by atoms with van der Waals surface area (Å²) in [4.78, 5) is 14.1. The number of Topliss-reactive ketones (excluding diaryl/α,β-unsaturated/α-hetero) is 1. The zero-order valence-corrected chi connectivity index (χ0v) is 11.8. The maximum Gasteiger partial charge on any atom is 0.173 e. The summed E-state index contributed by atoms with van der Waals surface area (Å²) in [5, 5.41) is 4.02. The average molecular weight is 315 g/mol. The highest BCUT2D eigenvalue weighted by Gasteiger charge is 2.10. The highest BCUT2D eigenvalue weighted by molar-refractivity contribution is 9.10. The molecular formula is C12H11BrOS2. The lowest BCUT2D eigenvalue weighted by molar-refractivity contribution is 0.0983. The van der Waals surface area contributed by atoms with Crippen molar-refractivity contribution in [1.29, 1.82) is 0 Å². The standard InChI is InChI=1S/C12H11BrOS2/c13-10-6-8-16-12(10)11(14)5-1-3-9-4-2-7-15-9/h2,4,6-8H,1,3,5H2. The fraction of sp³-hybridized carbons (Fsp3) is 0.250. The summed E-state index contributed by atoms with van der Waals surface area (Å²) in [7, 11) is 0. The summed E-state index contributed by atoms with van der Waals surface area (Å²) in [6.07, 6.45) is 2.58. The van der Waals surface area contributed by atoms with Gasteiger partial charge in [0.15, 0.2) is 5.78 Å². The Hall–Kier alpha value is -0.450. The van der Waals surface area contributed by atoms with E-state index in [1.165, 1.54) is 16.2 Å². The van der Waals surface area contributed by atoms with Crippen molar-refractivity contribution in [2.75, 3.05) is 0 Å². The molecule has 16 heavy (non-hydrogen) atoms. The fourth-order valence-corrected chi connectivity index (χ4v) is 3.80. The van der Waals surface area contributed by atoms with Crippen LogP contribution in [0.5, 0.6) is 0 Å². The summed E-state index contributed by atoms with van der Waals surface area (Å²) in [6, 6.07) is 6.10. The van der Waals surface area contributed by atoms with Gasteiger partial charge in [0.1, 0.15) is 0 Å². The van der Waals surface area contributed by atoms with Gasteiger partial charge in [-0.2, -0.15) is 0 Å². The average Bonchev–Trinajstić information content (AvgIpc) is 2.88. The topological polar surface area (TPSA) is 17.1 Å². The van der Waals surface area contributed by atoms with Crippen molar-refractivity contribution in [3.8, 4) is 0 Å². The molecule has 0 aromatic carbocycles. The lowest BCUT2D eigenvalue weighted by Crippen LogP contribution is -1.97. The first-order chi connectivity index (χ1) is 7.77. The minimum absolute atomic E-state index is 0.249. The van der Waals surface area contributed by atoms with Crippen molar-refractivity contribution in [3.63, 3.8) is 0 Å². The van der Waals surface area contributed by atoms with Crippen molar-refractivity contribution < 1.29 is 4.79 Å². The summed E-state index contributed by atoms with van der Waals surface area (Å²) in [5.41, 5.74) is 0. The number of hydrogen-bond acceptors (Lipinski definition) is 3. The van der Waals surface area contributed by atoms with Gasteiger partial charge in [0.25, 0.3) is 0 Å². The molecule has 0 aliphatic carbocycles. The predicted octanol–water partition coefficient (Wildman–Crippen LogP) is 4.78. The van der Waals surface area contributed by atoms with Crippen LogP contribution in [0.3, 0.4) is 0 Å². The van der Waals surface area contributed by atoms with E-state index in [2.05, 4.69) is 33.4 Å². The molecule has 2 heterocycles. The number of aryl methyl sites for hydroxylation is 1. The highest BCUT2D eigenvalue weighted by atomic mass is 79.9. The Kier molecular flexibility index (Phi) is 4.32. The third-order valence-corrected chi connectivity index (χ3v) is 5.09. The third kappa shape index (κ3) is 3.03. The van der Waals surface area contributed by atoms with Gasteiger partial charge in [-0.15, -0.1) is 22.7 Å². The predicted molar refractivity (Wildman–Crippen MR) is 73.6 cm³/mol. The molecule has 84 valence electrons. The van der Waals surface area contributed by atoms with E-state index >= 15 is 0 Å². The van der Waals surface area contributed by atoms with E-state index < -0.39 is 0 Å². The molecule has 0 aliphatic rings. The van der Waals surface area contributed by atoms with E-state index in [9.17, 15) is 4.79 Å².